The van der Waals surface area contributed by atoms with Crippen molar-refractivity contribution in [3.8, 4) is 11.5 Å². The molecule has 2 aromatic rings. The molecule has 98 valence electrons. The van der Waals surface area contributed by atoms with Gasteiger partial charge in [0.15, 0.2) is 0 Å². The number of aromatic carboxylic acids is 1. The molecule has 0 radical (unpaired) electrons. The second-order valence-corrected chi connectivity index (χ2v) is 5.06. The molecule has 0 atom stereocenters. The van der Waals surface area contributed by atoms with E-state index in [0.717, 1.165) is 4.47 Å². The highest BCUT2D eigenvalue weighted by molar-refractivity contribution is 9.10. The van der Waals surface area contributed by atoms with Gasteiger partial charge >= 0.3 is 5.97 Å². The summed E-state index contributed by atoms with van der Waals surface area (Å²) in [7, 11) is 0. The van der Waals surface area contributed by atoms with Crippen LogP contribution in [0.3, 0.4) is 0 Å². The van der Waals surface area contributed by atoms with Gasteiger partial charge in [0.25, 0.3) is 0 Å². The second kappa shape index (κ2) is 5.50. The predicted molar refractivity (Wildman–Crippen MR) is 77.0 cm³/mol. The molecular weight excluding hydrogens is 334 g/mol. The number of ether oxygens (including phenoxy) is 1. The Kier molecular flexibility index (Phi) is 3.97. The predicted octanol–water partition coefficient (Wildman–Crippen LogP) is 4.18. The lowest BCUT2D eigenvalue weighted by Gasteiger charge is -2.11. The number of nitrogens with two attached hydrogens (primary N) is 1. The normalized spacial score (nSPS) is 10.2. The molecule has 3 N–H and O–H groups in total. The first-order chi connectivity index (χ1) is 8.97. The smallest absolute Gasteiger partial charge is 0.339 e. The third-order valence-corrected chi connectivity index (χ3v) is 3.15. The maximum Gasteiger partial charge on any atom is 0.339 e. The number of carbonyl (C=O) groups is 1. The Labute approximate surface area is 122 Å². The van der Waals surface area contributed by atoms with Gasteiger partial charge in [-0.15, -0.1) is 0 Å². The van der Waals surface area contributed by atoms with Crippen LogP contribution in [0, 0.1) is 0 Å². The van der Waals surface area contributed by atoms with Gasteiger partial charge in [0.2, 0.25) is 0 Å². The van der Waals surface area contributed by atoms with Crippen LogP contribution in [0.25, 0.3) is 0 Å². The molecule has 0 heterocycles. The zero-order chi connectivity index (χ0) is 14.0. The van der Waals surface area contributed by atoms with Crippen LogP contribution in [0.1, 0.15) is 10.4 Å². The first kappa shape index (κ1) is 13.7. The molecule has 0 bridgehead atoms. The fourth-order valence-corrected chi connectivity index (χ4v) is 1.97. The molecule has 0 spiro atoms. The molecule has 0 aromatic heterocycles. The van der Waals surface area contributed by atoms with Gasteiger partial charge in [-0.05, 0) is 30.3 Å². The number of hydrogen-bond acceptors (Lipinski definition) is 3. The molecule has 0 fully saturated rings. The Hall–Kier alpha value is -1.72. The van der Waals surface area contributed by atoms with Crippen molar-refractivity contribution in [3.05, 3.63) is 51.5 Å². The van der Waals surface area contributed by atoms with Crippen LogP contribution >= 0.6 is 27.5 Å². The van der Waals surface area contributed by atoms with Gasteiger partial charge in [-0.1, -0.05) is 27.5 Å². The van der Waals surface area contributed by atoms with Crippen molar-refractivity contribution in [2.75, 3.05) is 5.73 Å². The van der Waals surface area contributed by atoms with Gasteiger partial charge in [-0.3, -0.25) is 0 Å². The van der Waals surface area contributed by atoms with Crippen molar-refractivity contribution in [2.24, 2.45) is 0 Å². The molecular formula is C13H9BrClNO3. The zero-order valence-electron chi connectivity index (χ0n) is 9.56. The van der Waals surface area contributed by atoms with E-state index in [1.165, 1.54) is 18.2 Å². The fourth-order valence-electron chi connectivity index (χ4n) is 1.47. The molecule has 0 unspecified atom stereocenters. The number of carboxylic acid groups (broad SMARTS) is 1. The topological polar surface area (TPSA) is 72.6 Å². The summed E-state index contributed by atoms with van der Waals surface area (Å²) in [5.41, 5.74) is 6.06. The fraction of sp³-hybridized carbons (Fsp3) is 0. The van der Waals surface area contributed by atoms with E-state index in [1.807, 2.05) is 0 Å². The Morgan fingerprint density at radius 2 is 1.95 bits per heavy atom. The maximum absolute atomic E-state index is 11.1. The van der Waals surface area contributed by atoms with Crippen LogP contribution in [-0.2, 0) is 0 Å². The molecule has 0 saturated heterocycles. The van der Waals surface area contributed by atoms with Gasteiger partial charge in [0, 0.05) is 16.2 Å². The van der Waals surface area contributed by atoms with E-state index in [0.29, 0.717) is 16.5 Å². The van der Waals surface area contributed by atoms with Gasteiger partial charge in [0.1, 0.15) is 17.1 Å². The number of benzene rings is 2. The number of halogens is 2. The number of hydrogen-bond donors (Lipinski definition) is 2. The van der Waals surface area contributed by atoms with Crippen LogP contribution in [0.2, 0.25) is 5.02 Å². The summed E-state index contributed by atoms with van der Waals surface area (Å²) in [6.07, 6.45) is 0. The molecule has 0 aliphatic rings. The minimum atomic E-state index is -1.10. The first-order valence-electron chi connectivity index (χ1n) is 5.23. The van der Waals surface area contributed by atoms with Crippen molar-refractivity contribution < 1.29 is 14.6 Å². The van der Waals surface area contributed by atoms with Crippen molar-refractivity contribution in [3.63, 3.8) is 0 Å². The van der Waals surface area contributed by atoms with Gasteiger partial charge in [-0.2, -0.15) is 0 Å². The molecule has 6 heteroatoms. The lowest BCUT2D eigenvalue weighted by molar-refractivity contribution is 0.0694. The lowest BCUT2D eigenvalue weighted by Crippen LogP contribution is -2.01. The molecule has 0 aliphatic carbocycles. The molecule has 0 saturated carbocycles. The zero-order valence-corrected chi connectivity index (χ0v) is 11.9. The van der Waals surface area contributed by atoms with Crippen molar-refractivity contribution in [1.29, 1.82) is 0 Å². The van der Waals surface area contributed by atoms with Crippen LogP contribution in [-0.4, -0.2) is 11.1 Å². The second-order valence-electron chi connectivity index (χ2n) is 3.74. The minimum absolute atomic E-state index is 0.0187. The summed E-state index contributed by atoms with van der Waals surface area (Å²) in [4.78, 5) is 11.1. The highest BCUT2D eigenvalue weighted by Crippen LogP contribution is 2.34. The molecule has 19 heavy (non-hydrogen) atoms. The van der Waals surface area contributed by atoms with E-state index in [4.69, 9.17) is 27.2 Å². The lowest BCUT2D eigenvalue weighted by atomic mass is 10.2. The van der Waals surface area contributed by atoms with E-state index in [-0.39, 0.29) is 11.3 Å². The minimum Gasteiger partial charge on any atom is -0.478 e. The molecule has 0 aliphatic heterocycles. The number of anilines is 1. The SMILES string of the molecule is Nc1ccc(C(=O)O)c(Oc2cc(Br)ccc2Cl)c1. The van der Waals surface area contributed by atoms with Crippen molar-refractivity contribution >= 4 is 39.2 Å². The highest BCUT2D eigenvalue weighted by Gasteiger charge is 2.14. The van der Waals surface area contributed by atoms with Crippen LogP contribution in [0.5, 0.6) is 11.5 Å². The van der Waals surface area contributed by atoms with Crippen LogP contribution in [0.4, 0.5) is 5.69 Å². The van der Waals surface area contributed by atoms with Crippen molar-refractivity contribution in [1.82, 2.24) is 0 Å². The van der Waals surface area contributed by atoms with Crippen LogP contribution < -0.4 is 10.5 Å². The summed E-state index contributed by atoms with van der Waals surface area (Å²) < 4.78 is 6.31. The number of nitrogen functional groups attached to an aromatic ring is 1. The summed E-state index contributed by atoms with van der Waals surface area (Å²) >= 11 is 9.29. The maximum atomic E-state index is 11.1. The van der Waals surface area contributed by atoms with Gasteiger partial charge in [0.05, 0.1) is 5.02 Å². The molecule has 0 amide bonds. The Morgan fingerprint density at radius 1 is 1.21 bits per heavy atom. The summed E-state index contributed by atoms with van der Waals surface area (Å²) in [5, 5.41) is 9.47. The third-order valence-electron chi connectivity index (χ3n) is 2.35. The average Bonchev–Trinajstić information content (AvgIpc) is 2.33. The Bertz CT molecular complexity index is 646. The monoisotopic (exact) mass is 341 g/mol. The Balaban J connectivity index is 2.45. The molecule has 4 nitrogen and oxygen atoms in total. The van der Waals surface area contributed by atoms with Crippen LogP contribution in [0.15, 0.2) is 40.9 Å². The number of rotatable bonds is 3. The van der Waals surface area contributed by atoms with E-state index in [1.54, 1.807) is 18.2 Å². The summed E-state index contributed by atoms with van der Waals surface area (Å²) in [6, 6.07) is 9.38. The van der Waals surface area contributed by atoms with Gasteiger partial charge < -0.3 is 15.6 Å². The molecule has 2 rings (SSSR count). The largest absolute Gasteiger partial charge is 0.478 e. The highest BCUT2D eigenvalue weighted by atomic mass is 79.9. The van der Waals surface area contributed by atoms with E-state index < -0.39 is 5.97 Å². The van der Waals surface area contributed by atoms with Gasteiger partial charge in [-0.25, -0.2) is 4.79 Å². The Morgan fingerprint density at radius 3 is 2.63 bits per heavy atom. The van der Waals surface area contributed by atoms with E-state index in [2.05, 4.69) is 15.9 Å². The summed E-state index contributed by atoms with van der Waals surface area (Å²) in [6.45, 7) is 0. The van der Waals surface area contributed by atoms with E-state index >= 15 is 0 Å². The molecule has 2 aromatic carbocycles. The summed E-state index contributed by atoms with van der Waals surface area (Å²) in [5.74, 6) is -0.599. The third kappa shape index (κ3) is 3.19. The van der Waals surface area contributed by atoms with E-state index in [9.17, 15) is 4.79 Å². The quantitative estimate of drug-likeness (QED) is 0.821. The van der Waals surface area contributed by atoms with Crippen molar-refractivity contribution in [2.45, 2.75) is 0 Å². The standard InChI is InChI=1S/C13H9BrClNO3/c14-7-1-4-10(15)12(5-7)19-11-6-8(16)2-3-9(11)13(17)18/h1-6H,16H2,(H,17,18). The average molecular weight is 343 g/mol. The number of carboxylic acids is 1. The first-order valence-corrected chi connectivity index (χ1v) is 6.40.